The third-order valence-corrected chi connectivity index (χ3v) is 1.35. The van der Waals surface area contributed by atoms with E-state index in [-0.39, 0.29) is 0 Å². The smallest absolute Gasteiger partial charge is 0.335 e. The Morgan fingerprint density at radius 3 is 3.00 bits per heavy atom. The van der Waals surface area contributed by atoms with E-state index in [0.29, 0.717) is 11.3 Å². The zero-order valence-corrected chi connectivity index (χ0v) is 6.86. The quantitative estimate of drug-likeness (QED) is 0.388. The molecular formula is C10H7NO2. The summed E-state index contributed by atoms with van der Waals surface area (Å²) >= 11 is 0. The molecule has 1 aromatic carbocycles. The van der Waals surface area contributed by atoms with E-state index in [1.54, 1.807) is 18.2 Å². The standard InChI is InChI=1S/C10H7NO2/c1-2-10(12)13-9-5-3-4-8(6-9)7-11/h2-6H,1H2. The van der Waals surface area contributed by atoms with E-state index in [9.17, 15) is 4.79 Å². The molecule has 0 bridgehead atoms. The highest BCUT2D eigenvalue weighted by molar-refractivity contribution is 5.83. The molecule has 0 radical (unpaired) electrons. The molecular weight excluding hydrogens is 166 g/mol. The van der Waals surface area contributed by atoms with Crippen LogP contribution in [0.2, 0.25) is 0 Å². The van der Waals surface area contributed by atoms with Crippen LogP contribution >= 0.6 is 0 Å². The number of nitrogens with zero attached hydrogens (tertiary/aromatic N) is 1. The van der Waals surface area contributed by atoms with Gasteiger partial charge in [-0.2, -0.15) is 5.26 Å². The summed E-state index contributed by atoms with van der Waals surface area (Å²) in [6.07, 6.45) is 1.07. The minimum Gasteiger partial charge on any atom is -0.423 e. The van der Waals surface area contributed by atoms with Crippen LogP contribution in [0.1, 0.15) is 5.56 Å². The summed E-state index contributed by atoms with van der Waals surface area (Å²) in [6, 6.07) is 8.30. The van der Waals surface area contributed by atoms with E-state index < -0.39 is 5.97 Å². The van der Waals surface area contributed by atoms with Gasteiger partial charge in [0.1, 0.15) is 5.75 Å². The van der Waals surface area contributed by atoms with Crippen LogP contribution in [0.4, 0.5) is 0 Å². The fourth-order valence-electron chi connectivity index (χ4n) is 0.787. The van der Waals surface area contributed by atoms with E-state index in [1.807, 2.05) is 6.07 Å². The number of carbonyl (C=O) groups is 1. The minimum atomic E-state index is -0.532. The van der Waals surface area contributed by atoms with Crippen molar-refractivity contribution in [2.24, 2.45) is 0 Å². The van der Waals surface area contributed by atoms with E-state index in [0.717, 1.165) is 6.08 Å². The molecule has 1 aromatic rings. The van der Waals surface area contributed by atoms with Crippen molar-refractivity contribution in [1.82, 2.24) is 0 Å². The second-order valence-corrected chi connectivity index (χ2v) is 2.26. The number of rotatable bonds is 2. The third kappa shape index (κ3) is 2.46. The van der Waals surface area contributed by atoms with Gasteiger partial charge >= 0.3 is 5.97 Å². The van der Waals surface area contributed by atoms with Gasteiger partial charge in [-0.15, -0.1) is 0 Å². The number of hydrogen-bond acceptors (Lipinski definition) is 3. The predicted molar refractivity (Wildman–Crippen MR) is 47.0 cm³/mol. The fourth-order valence-corrected chi connectivity index (χ4v) is 0.787. The first-order valence-corrected chi connectivity index (χ1v) is 3.60. The number of esters is 1. The van der Waals surface area contributed by atoms with E-state index in [1.165, 1.54) is 6.07 Å². The third-order valence-electron chi connectivity index (χ3n) is 1.35. The zero-order valence-electron chi connectivity index (χ0n) is 6.86. The number of hydrogen-bond donors (Lipinski definition) is 0. The molecule has 0 atom stereocenters. The number of benzene rings is 1. The van der Waals surface area contributed by atoms with Crippen molar-refractivity contribution in [3.05, 3.63) is 42.5 Å². The monoisotopic (exact) mass is 173 g/mol. The highest BCUT2D eigenvalue weighted by Gasteiger charge is 1.99. The Morgan fingerprint density at radius 1 is 1.62 bits per heavy atom. The largest absolute Gasteiger partial charge is 0.423 e. The van der Waals surface area contributed by atoms with Crippen molar-refractivity contribution >= 4 is 5.97 Å². The van der Waals surface area contributed by atoms with Gasteiger partial charge in [0.2, 0.25) is 0 Å². The summed E-state index contributed by atoms with van der Waals surface area (Å²) in [5, 5.41) is 8.54. The Labute approximate surface area is 75.9 Å². The van der Waals surface area contributed by atoms with Crippen LogP contribution in [0.25, 0.3) is 0 Å². The summed E-state index contributed by atoms with van der Waals surface area (Å²) in [6.45, 7) is 3.26. The Kier molecular flexibility index (Phi) is 2.82. The molecule has 0 fully saturated rings. The van der Waals surface area contributed by atoms with Crippen LogP contribution in [0.5, 0.6) is 5.75 Å². The molecule has 0 saturated heterocycles. The van der Waals surface area contributed by atoms with Crippen LogP contribution in [-0.2, 0) is 4.79 Å². The maximum absolute atomic E-state index is 10.8. The molecule has 0 aliphatic rings. The maximum Gasteiger partial charge on any atom is 0.335 e. The summed E-state index contributed by atoms with van der Waals surface area (Å²) in [5.74, 6) is -0.181. The molecule has 0 aliphatic heterocycles. The van der Waals surface area contributed by atoms with Crippen molar-refractivity contribution in [3.8, 4) is 11.8 Å². The van der Waals surface area contributed by atoms with Crippen LogP contribution in [0, 0.1) is 11.3 Å². The molecule has 64 valence electrons. The molecule has 3 heteroatoms. The van der Waals surface area contributed by atoms with Gasteiger partial charge < -0.3 is 4.74 Å². The van der Waals surface area contributed by atoms with Gasteiger partial charge in [-0.1, -0.05) is 12.6 Å². The fraction of sp³-hybridized carbons (Fsp3) is 0. The van der Waals surface area contributed by atoms with Gasteiger partial charge in [0, 0.05) is 6.08 Å². The van der Waals surface area contributed by atoms with Crippen molar-refractivity contribution in [2.75, 3.05) is 0 Å². The van der Waals surface area contributed by atoms with Gasteiger partial charge in [-0.3, -0.25) is 0 Å². The first-order valence-electron chi connectivity index (χ1n) is 3.60. The lowest BCUT2D eigenvalue weighted by Gasteiger charge is -1.99. The summed E-state index contributed by atoms with van der Waals surface area (Å²) in [5.41, 5.74) is 0.453. The lowest BCUT2D eigenvalue weighted by atomic mass is 10.2. The topological polar surface area (TPSA) is 50.1 Å². The first-order chi connectivity index (χ1) is 6.26. The average molecular weight is 173 g/mol. The average Bonchev–Trinajstić information content (AvgIpc) is 2.18. The van der Waals surface area contributed by atoms with E-state index >= 15 is 0 Å². The van der Waals surface area contributed by atoms with E-state index in [2.05, 4.69) is 6.58 Å². The molecule has 0 saturated carbocycles. The second kappa shape index (κ2) is 4.07. The molecule has 0 N–H and O–H groups in total. The first kappa shape index (κ1) is 9.01. The van der Waals surface area contributed by atoms with Crippen molar-refractivity contribution in [1.29, 1.82) is 5.26 Å². The van der Waals surface area contributed by atoms with Gasteiger partial charge in [0.05, 0.1) is 11.6 Å². The molecule has 1 rings (SSSR count). The SMILES string of the molecule is C=CC(=O)Oc1cccc(C#N)c1. The Bertz CT molecular complexity index is 377. The number of nitriles is 1. The Balaban J connectivity index is 2.85. The Hall–Kier alpha value is -2.08. The van der Waals surface area contributed by atoms with Gasteiger partial charge in [-0.05, 0) is 18.2 Å². The van der Waals surface area contributed by atoms with Crippen LogP contribution in [-0.4, -0.2) is 5.97 Å². The molecule has 0 heterocycles. The molecule has 13 heavy (non-hydrogen) atoms. The van der Waals surface area contributed by atoms with Gasteiger partial charge in [0.15, 0.2) is 0 Å². The zero-order chi connectivity index (χ0) is 9.68. The summed E-state index contributed by atoms with van der Waals surface area (Å²) in [7, 11) is 0. The normalized spacial score (nSPS) is 8.54. The molecule has 0 amide bonds. The lowest BCUT2D eigenvalue weighted by Crippen LogP contribution is -2.02. The summed E-state index contributed by atoms with van der Waals surface area (Å²) in [4.78, 5) is 10.8. The second-order valence-electron chi connectivity index (χ2n) is 2.26. The van der Waals surface area contributed by atoms with Crippen molar-refractivity contribution in [3.63, 3.8) is 0 Å². The molecule has 3 nitrogen and oxygen atoms in total. The predicted octanol–water partition coefficient (Wildman–Crippen LogP) is 1.65. The lowest BCUT2D eigenvalue weighted by molar-refractivity contribution is -0.128. The highest BCUT2D eigenvalue weighted by Crippen LogP contribution is 2.12. The highest BCUT2D eigenvalue weighted by atomic mass is 16.5. The Morgan fingerprint density at radius 2 is 2.38 bits per heavy atom. The van der Waals surface area contributed by atoms with Crippen LogP contribution in [0.15, 0.2) is 36.9 Å². The molecule has 0 spiro atoms. The minimum absolute atomic E-state index is 0.351. The summed E-state index contributed by atoms with van der Waals surface area (Å²) < 4.78 is 4.80. The number of ether oxygens (including phenoxy) is 1. The molecule has 0 aliphatic carbocycles. The van der Waals surface area contributed by atoms with Gasteiger partial charge in [0.25, 0.3) is 0 Å². The maximum atomic E-state index is 10.8. The van der Waals surface area contributed by atoms with Crippen molar-refractivity contribution in [2.45, 2.75) is 0 Å². The van der Waals surface area contributed by atoms with Crippen molar-refractivity contribution < 1.29 is 9.53 Å². The van der Waals surface area contributed by atoms with E-state index in [4.69, 9.17) is 10.00 Å². The molecule has 0 aromatic heterocycles. The van der Waals surface area contributed by atoms with Crippen LogP contribution in [0.3, 0.4) is 0 Å². The molecule has 0 unspecified atom stereocenters. The van der Waals surface area contributed by atoms with Crippen LogP contribution < -0.4 is 4.74 Å². The van der Waals surface area contributed by atoms with Gasteiger partial charge in [-0.25, -0.2) is 4.79 Å². The number of carbonyl (C=O) groups excluding carboxylic acids is 1.